The summed E-state index contributed by atoms with van der Waals surface area (Å²) in [5.41, 5.74) is 5.11. The van der Waals surface area contributed by atoms with E-state index >= 15 is 0 Å². The third-order valence-electron chi connectivity index (χ3n) is 4.84. The molecule has 26 heavy (non-hydrogen) atoms. The first-order valence-corrected chi connectivity index (χ1v) is 8.54. The van der Waals surface area contributed by atoms with Crippen LogP contribution in [0.25, 0.3) is 0 Å². The van der Waals surface area contributed by atoms with E-state index in [9.17, 15) is 22.8 Å². The maximum absolute atomic E-state index is 12.8. The molecule has 2 atom stereocenters. The van der Waals surface area contributed by atoms with Gasteiger partial charge in [-0.1, -0.05) is 18.2 Å². The van der Waals surface area contributed by atoms with Crippen LogP contribution in [0.4, 0.5) is 13.2 Å². The minimum Gasteiger partial charge on any atom is -0.369 e. The van der Waals surface area contributed by atoms with Crippen LogP contribution < -0.4 is 5.73 Å². The fourth-order valence-corrected chi connectivity index (χ4v) is 3.13. The molecule has 8 heteroatoms. The molecule has 2 amide bonds. The van der Waals surface area contributed by atoms with E-state index in [4.69, 9.17) is 5.73 Å². The van der Waals surface area contributed by atoms with E-state index in [1.54, 1.807) is 29.8 Å². The lowest BCUT2D eigenvalue weighted by Crippen LogP contribution is -2.50. The molecular formula is C18H24F3N3O2. The van der Waals surface area contributed by atoms with E-state index in [0.29, 0.717) is 31.5 Å². The average Bonchev–Trinajstić information content (AvgIpc) is 2.60. The number of carbonyl (C=O) groups excluding carboxylic acids is 2. The Labute approximate surface area is 150 Å². The zero-order valence-electron chi connectivity index (χ0n) is 14.9. The first kappa shape index (κ1) is 20.2. The molecule has 0 bridgehead atoms. The standard InChI is InChI=1S/C18H24F3N3O2/c1-12(17(26)24-8-4-6-14(11-24)16(22)25)23(2)10-13-5-3-7-15(9-13)18(19,20)21/h3,5,7,9,12,14H,4,6,8,10-11H2,1-2H3,(H2,22,25)/t12-,14+/m0/s1. The van der Waals surface area contributed by atoms with Gasteiger partial charge in [-0.25, -0.2) is 0 Å². The number of rotatable bonds is 5. The molecule has 0 radical (unpaired) electrons. The summed E-state index contributed by atoms with van der Waals surface area (Å²) in [6.45, 7) is 2.79. The Morgan fingerprint density at radius 2 is 2.08 bits per heavy atom. The lowest BCUT2D eigenvalue weighted by molar-refractivity contribution is -0.140. The van der Waals surface area contributed by atoms with Gasteiger partial charge in [0.05, 0.1) is 17.5 Å². The van der Waals surface area contributed by atoms with Crippen molar-refractivity contribution >= 4 is 11.8 Å². The minimum atomic E-state index is -4.40. The van der Waals surface area contributed by atoms with Gasteiger partial charge in [0.2, 0.25) is 11.8 Å². The van der Waals surface area contributed by atoms with Crippen molar-refractivity contribution in [3.05, 3.63) is 35.4 Å². The zero-order valence-corrected chi connectivity index (χ0v) is 14.9. The summed E-state index contributed by atoms with van der Waals surface area (Å²) in [4.78, 5) is 27.4. The summed E-state index contributed by atoms with van der Waals surface area (Å²) < 4.78 is 38.5. The van der Waals surface area contributed by atoms with Crippen LogP contribution in [0.5, 0.6) is 0 Å². The summed E-state index contributed by atoms with van der Waals surface area (Å²) in [6.07, 6.45) is -3.01. The Hall–Kier alpha value is -2.09. The van der Waals surface area contributed by atoms with Crippen LogP contribution in [-0.2, 0) is 22.3 Å². The van der Waals surface area contributed by atoms with E-state index in [1.807, 2.05) is 0 Å². The third-order valence-corrected chi connectivity index (χ3v) is 4.84. The summed E-state index contributed by atoms with van der Waals surface area (Å²) in [6, 6.07) is 4.57. The monoisotopic (exact) mass is 371 g/mol. The van der Waals surface area contributed by atoms with E-state index in [1.165, 1.54) is 6.07 Å². The Morgan fingerprint density at radius 1 is 1.38 bits per heavy atom. The van der Waals surface area contributed by atoms with Crippen LogP contribution >= 0.6 is 0 Å². The Morgan fingerprint density at radius 3 is 2.69 bits per heavy atom. The highest BCUT2D eigenvalue weighted by atomic mass is 19.4. The number of benzene rings is 1. The quantitative estimate of drug-likeness (QED) is 0.863. The molecule has 1 aliphatic heterocycles. The second-order valence-electron chi connectivity index (χ2n) is 6.81. The number of halogens is 3. The number of likely N-dealkylation sites (N-methyl/N-ethyl adjacent to an activating group) is 1. The van der Waals surface area contributed by atoms with Crippen LogP contribution in [0.1, 0.15) is 30.9 Å². The topological polar surface area (TPSA) is 66.6 Å². The fraction of sp³-hybridized carbons (Fsp3) is 0.556. The van der Waals surface area contributed by atoms with Gasteiger partial charge in [0.15, 0.2) is 0 Å². The molecule has 5 nitrogen and oxygen atoms in total. The third kappa shape index (κ3) is 4.97. The number of alkyl halides is 3. The van der Waals surface area contributed by atoms with Gasteiger partial charge in [0, 0.05) is 19.6 Å². The van der Waals surface area contributed by atoms with Crippen molar-refractivity contribution < 1.29 is 22.8 Å². The van der Waals surface area contributed by atoms with Gasteiger partial charge in [0.25, 0.3) is 0 Å². The number of hydrogen-bond donors (Lipinski definition) is 1. The van der Waals surface area contributed by atoms with E-state index in [2.05, 4.69) is 0 Å². The Balaban J connectivity index is 2.01. The molecule has 0 aliphatic carbocycles. The normalized spacial score (nSPS) is 19.5. The Bertz CT molecular complexity index is 663. The van der Waals surface area contributed by atoms with Crippen molar-refractivity contribution in [3.63, 3.8) is 0 Å². The number of nitrogens with two attached hydrogens (primary N) is 1. The van der Waals surface area contributed by atoms with Gasteiger partial charge in [0.1, 0.15) is 0 Å². The summed E-state index contributed by atoms with van der Waals surface area (Å²) >= 11 is 0. The molecule has 1 aromatic carbocycles. The van der Waals surface area contributed by atoms with Crippen LogP contribution in [-0.4, -0.2) is 47.8 Å². The van der Waals surface area contributed by atoms with Crippen LogP contribution in [0, 0.1) is 5.92 Å². The highest BCUT2D eigenvalue weighted by molar-refractivity contribution is 5.83. The van der Waals surface area contributed by atoms with Gasteiger partial charge in [-0.2, -0.15) is 13.2 Å². The summed E-state index contributed by atoms with van der Waals surface area (Å²) in [5.74, 6) is -0.897. The first-order chi connectivity index (χ1) is 12.1. The van der Waals surface area contributed by atoms with Crippen molar-refractivity contribution in [1.29, 1.82) is 0 Å². The van der Waals surface area contributed by atoms with Gasteiger partial charge in [-0.15, -0.1) is 0 Å². The van der Waals surface area contributed by atoms with Crippen molar-refractivity contribution in [2.45, 2.75) is 38.5 Å². The molecule has 1 aromatic rings. The molecule has 1 fully saturated rings. The van der Waals surface area contributed by atoms with Crippen molar-refractivity contribution in [1.82, 2.24) is 9.80 Å². The van der Waals surface area contributed by atoms with Gasteiger partial charge in [-0.05, 0) is 38.4 Å². The first-order valence-electron chi connectivity index (χ1n) is 8.54. The molecule has 0 spiro atoms. The molecule has 0 unspecified atom stereocenters. The molecule has 0 saturated carbocycles. The predicted octanol–water partition coefficient (Wildman–Crippen LogP) is 2.25. The van der Waals surface area contributed by atoms with Crippen LogP contribution in [0.15, 0.2) is 24.3 Å². The molecule has 1 heterocycles. The fourth-order valence-electron chi connectivity index (χ4n) is 3.13. The number of nitrogens with zero attached hydrogens (tertiary/aromatic N) is 2. The highest BCUT2D eigenvalue weighted by Crippen LogP contribution is 2.29. The number of likely N-dealkylation sites (tertiary alicyclic amines) is 1. The number of amides is 2. The SMILES string of the molecule is C[C@@H](C(=O)N1CCC[C@@H](C(N)=O)C1)N(C)Cc1cccc(C(F)(F)F)c1. The van der Waals surface area contributed by atoms with Gasteiger partial charge in [-0.3, -0.25) is 14.5 Å². The highest BCUT2D eigenvalue weighted by Gasteiger charge is 2.32. The lowest BCUT2D eigenvalue weighted by Gasteiger charge is -2.35. The second-order valence-corrected chi connectivity index (χ2v) is 6.81. The molecule has 2 rings (SSSR count). The molecular weight excluding hydrogens is 347 g/mol. The minimum absolute atomic E-state index is 0.148. The van der Waals surface area contributed by atoms with Crippen molar-refractivity contribution in [3.8, 4) is 0 Å². The van der Waals surface area contributed by atoms with Gasteiger partial charge >= 0.3 is 6.18 Å². The molecule has 144 valence electrons. The average molecular weight is 371 g/mol. The number of hydrogen-bond acceptors (Lipinski definition) is 3. The van der Waals surface area contributed by atoms with E-state index in [-0.39, 0.29) is 18.4 Å². The number of primary amides is 1. The number of piperidine rings is 1. The lowest BCUT2D eigenvalue weighted by atomic mass is 9.97. The number of carbonyl (C=O) groups is 2. The summed E-state index contributed by atoms with van der Waals surface area (Å²) in [7, 11) is 1.69. The smallest absolute Gasteiger partial charge is 0.369 e. The Kier molecular flexibility index (Phi) is 6.28. The summed E-state index contributed by atoms with van der Waals surface area (Å²) in [5, 5.41) is 0. The molecule has 2 N–H and O–H groups in total. The van der Waals surface area contributed by atoms with Crippen molar-refractivity contribution in [2.24, 2.45) is 11.7 Å². The predicted molar refractivity (Wildman–Crippen MR) is 90.9 cm³/mol. The van der Waals surface area contributed by atoms with Crippen molar-refractivity contribution in [2.75, 3.05) is 20.1 Å². The second kappa shape index (κ2) is 8.07. The largest absolute Gasteiger partial charge is 0.416 e. The van der Waals surface area contributed by atoms with Gasteiger partial charge < -0.3 is 10.6 Å². The molecule has 1 saturated heterocycles. The zero-order chi connectivity index (χ0) is 19.5. The van der Waals surface area contributed by atoms with E-state index < -0.39 is 23.7 Å². The maximum Gasteiger partial charge on any atom is 0.416 e. The van der Waals surface area contributed by atoms with Crippen LogP contribution in [0.2, 0.25) is 0 Å². The maximum atomic E-state index is 12.8. The van der Waals surface area contributed by atoms with E-state index in [0.717, 1.165) is 12.1 Å². The molecule has 1 aliphatic rings. The van der Waals surface area contributed by atoms with Crippen LogP contribution in [0.3, 0.4) is 0 Å². The molecule has 0 aromatic heterocycles.